The Morgan fingerprint density at radius 2 is 1.73 bits per heavy atom. The maximum atomic E-state index is 13.2. The van der Waals surface area contributed by atoms with Gasteiger partial charge in [0.15, 0.2) is 0 Å². The number of ether oxygens (including phenoxy) is 1. The fourth-order valence-electron chi connectivity index (χ4n) is 4.34. The molecule has 1 amide bonds. The van der Waals surface area contributed by atoms with E-state index in [1.807, 2.05) is 33.8 Å². The maximum absolute atomic E-state index is 13.2. The summed E-state index contributed by atoms with van der Waals surface area (Å²) in [6.45, 7) is 13.9. The van der Waals surface area contributed by atoms with Gasteiger partial charge in [-0.3, -0.25) is 4.79 Å². The molecule has 0 spiro atoms. The zero-order valence-corrected chi connectivity index (χ0v) is 19.1. The zero-order valence-electron chi connectivity index (χ0n) is 19.1. The predicted octanol–water partition coefficient (Wildman–Crippen LogP) is 4.79. The summed E-state index contributed by atoms with van der Waals surface area (Å²) in [4.78, 5) is 27.3. The Hall–Kier alpha value is -3.08. The number of hydrogen-bond acceptors (Lipinski definition) is 3. The summed E-state index contributed by atoms with van der Waals surface area (Å²) in [6, 6.07) is 8.38. The number of carbonyl (C=O) groups excluding carboxylic acids is 2. The average Bonchev–Trinajstić information content (AvgIpc) is 3.08. The highest BCUT2D eigenvalue weighted by Gasteiger charge is 2.38. The van der Waals surface area contributed by atoms with E-state index in [9.17, 15) is 9.59 Å². The number of allylic oxidation sites excluding steroid dienone is 1. The molecule has 0 atom stereocenters. The molecule has 5 heteroatoms. The molecule has 158 valence electrons. The van der Waals surface area contributed by atoms with Gasteiger partial charge in [0.05, 0.1) is 18.3 Å². The lowest BCUT2D eigenvalue weighted by molar-refractivity contribution is -0.136. The molecule has 2 heterocycles. The first-order valence-corrected chi connectivity index (χ1v) is 10.2. The molecule has 2 aromatic rings. The number of benzene rings is 1. The van der Waals surface area contributed by atoms with Crippen LogP contribution in [0.25, 0.3) is 11.8 Å². The van der Waals surface area contributed by atoms with Crippen LogP contribution in [-0.2, 0) is 14.3 Å². The van der Waals surface area contributed by atoms with Crippen LogP contribution in [0.4, 0.5) is 0 Å². The van der Waals surface area contributed by atoms with E-state index in [2.05, 4.69) is 42.7 Å². The summed E-state index contributed by atoms with van der Waals surface area (Å²) in [7, 11) is 1.34. The molecule has 1 aromatic carbocycles. The molecule has 0 unspecified atom stereocenters. The van der Waals surface area contributed by atoms with Gasteiger partial charge in [-0.1, -0.05) is 17.7 Å². The Kier molecular flexibility index (Phi) is 5.75. The normalized spacial score (nSPS) is 15.7. The Morgan fingerprint density at radius 1 is 1.07 bits per heavy atom. The van der Waals surface area contributed by atoms with Gasteiger partial charge in [0.1, 0.15) is 0 Å². The minimum absolute atomic E-state index is 0.0503. The molecule has 3 rings (SSSR count). The Morgan fingerprint density at radius 3 is 2.30 bits per heavy atom. The van der Waals surface area contributed by atoms with Crippen molar-refractivity contribution in [3.63, 3.8) is 0 Å². The minimum Gasteiger partial charge on any atom is -0.465 e. The highest BCUT2D eigenvalue weighted by atomic mass is 16.5. The molecule has 1 aliphatic rings. The van der Waals surface area contributed by atoms with E-state index < -0.39 is 5.97 Å². The van der Waals surface area contributed by atoms with Gasteiger partial charge >= 0.3 is 5.97 Å². The smallest absolute Gasteiger partial charge is 0.340 e. The molecular weight excluding hydrogens is 376 g/mol. The SMILES string of the molecule is COC(=O)C1=C(C)N(C(C)C)C(=O)/C1=C\c1cc(C)n(-c2ccc(C)cc2C)c1C. The minimum atomic E-state index is -0.488. The highest BCUT2D eigenvalue weighted by Crippen LogP contribution is 2.34. The van der Waals surface area contributed by atoms with E-state index in [0.717, 1.165) is 22.6 Å². The standard InChI is InChI=1S/C25H30N2O3/c1-14(2)26-19(7)23(25(29)30-8)21(24(26)28)13-20-12-17(5)27(18(20)6)22-10-9-15(3)11-16(22)4/h9-14H,1-8H3/b21-13-. The number of aromatic nitrogens is 1. The second kappa shape index (κ2) is 7.98. The van der Waals surface area contributed by atoms with Crippen LogP contribution in [0.3, 0.4) is 0 Å². The van der Waals surface area contributed by atoms with Crippen LogP contribution in [0.2, 0.25) is 0 Å². The lowest BCUT2D eigenvalue weighted by Gasteiger charge is -2.22. The first kappa shape index (κ1) is 21.6. The average molecular weight is 407 g/mol. The fraction of sp³-hybridized carbons (Fsp3) is 0.360. The molecule has 0 aliphatic carbocycles. The summed E-state index contributed by atoms with van der Waals surface area (Å²) >= 11 is 0. The van der Waals surface area contributed by atoms with E-state index in [-0.39, 0.29) is 11.9 Å². The van der Waals surface area contributed by atoms with E-state index >= 15 is 0 Å². The fourth-order valence-corrected chi connectivity index (χ4v) is 4.34. The lowest BCUT2D eigenvalue weighted by atomic mass is 10.0. The number of methoxy groups -OCH3 is 1. The Bertz CT molecular complexity index is 1100. The number of hydrogen-bond donors (Lipinski definition) is 0. The van der Waals surface area contributed by atoms with Crippen LogP contribution >= 0.6 is 0 Å². The monoisotopic (exact) mass is 406 g/mol. The number of aryl methyl sites for hydroxylation is 3. The van der Waals surface area contributed by atoms with Crippen LogP contribution < -0.4 is 0 Å². The summed E-state index contributed by atoms with van der Waals surface area (Å²) in [5.74, 6) is -0.655. The van der Waals surface area contributed by atoms with Crippen LogP contribution in [0.1, 0.15) is 48.8 Å². The molecule has 0 N–H and O–H groups in total. The summed E-state index contributed by atoms with van der Waals surface area (Å²) < 4.78 is 7.17. The molecule has 30 heavy (non-hydrogen) atoms. The molecule has 5 nitrogen and oxygen atoms in total. The van der Waals surface area contributed by atoms with Crippen molar-refractivity contribution in [1.82, 2.24) is 9.47 Å². The maximum Gasteiger partial charge on any atom is 0.340 e. The molecule has 0 radical (unpaired) electrons. The molecule has 1 aromatic heterocycles. The summed E-state index contributed by atoms with van der Waals surface area (Å²) in [6.07, 6.45) is 1.82. The number of esters is 1. The highest BCUT2D eigenvalue weighted by molar-refractivity contribution is 6.16. The van der Waals surface area contributed by atoms with Crippen molar-refractivity contribution in [3.8, 4) is 5.69 Å². The third-order valence-corrected chi connectivity index (χ3v) is 5.71. The van der Waals surface area contributed by atoms with E-state index in [1.54, 1.807) is 11.8 Å². The second-order valence-corrected chi connectivity index (χ2v) is 8.23. The van der Waals surface area contributed by atoms with E-state index in [0.29, 0.717) is 16.8 Å². The largest absolute Gasteiger partial charge is 0.465 e. The van der Waals surface area contributed by atoms with Gasteiger partial charge in [-0.25, -0.2) is 4.79 Å². The molecule has 0 saturated heterocycles. The third-order valence-electron chi connectivity index (χ3n) is 5.71. The van der Waals surface area contributed by atoms with Gasteiger partial charge in [-0.05, 0) is 77.8 Å². The van der Waals surface area contributed by atoms with Crippen LogP contribution in [-0.4, -0.2) is 34.5 Å². The molecular formula is C25H30N2O3. The van der Waals surface area contributed by atoms with Crippen LogP contribution in [0.15, 0.2) is 41.1 Å². The number of amides is 1. The van der Waals surface area contributed by atoms with Gasteiger partial charge in [-0.15, -0.1) is 0 Å². The van der Waals surface area contributed by atoms with Crippen molar-refractivity contribution >= 4 is 18.0 Å². The van der Waals surface area contributed by atoms with Crippen molar-refractivity contribution in [2.24, 2.45) is 0 Å². The summed E-state index contributed by atoms with van der Waals surface area (Å²) in [5.41, 5.74) is 7.87. The number of nitrogens with zero attached hydrogens (tertiary/aromatic N) is 2. The lowest BCUT2D eigenvalue weighted by Crippen LogP contribution is -2.31. The van der Waals surface area contributed by atoms with E-state index in [4.69, 9.17) is 4.74 Å². The molecule has 0 fully saturated rings. The van der Waals surface area contributed by atoms with Gasteiger partial charge in [0, 0.05) is 28.8 Å². The molecule has 0 saturated carbocycles. The van der Waals surface area contributed by atoms with Crippen molar-refractivity contribution in [1.29, 1.82) is 0 Å². The number of rotatable bonds is 4. The van der Waals surface area contributed by atoms with Crippen molar-refractivity contribution in [2.75, 3.05) is 7.11 Å². The quantitative estimate of drug-likeness (QED) is 0.542. The second-order valence-electron chi connectivity index (χ2n) is 8.23. The Balaban J connectivity index is 2.17. The number of carbonyl (C=O) groups is 2. The topological polar surface area (TPSA) is 51.5 Å². The summed E-state index contributed by atoms with van der Waals surface area (Å²) in [5, 5.41) is 0. The van der Waals surface area contributed by atoms with Gasteiger partial charge < -0.3 is 14.2 Å². The third kappa shape index (κ3) is 3.49. The van der Waals surface area contributed by atoms with Crippen molar-refractivity contribution < 1.29 is 14.3 Å². The van der Waals surface area contributed by atoms with E-state index in [1.165, 1.54) is 18.2 Å². The van der Waals surface area contributed by atoms with Gasteiger partial charge in [-0.2, -0.15) is 0 Å². The first-order chi connectivity index (χ1) is 14.1. The van der Waals surface area contributed by atoms with Gasteiger partial charge in [0.2, 0.25) is 0 Å². The zero-order chi connectivity index (χ0) is 22.3. The van der Waals surface area contributed by atoms with Crippen molar-refractivity contribution in [3.05, 3.63) is 69.2 Å². The van der Waals surface area contributed by atoms with Gasteiger partial charge in [0.25, 0.3) is 5.91 Å². The molecule has 0 bridgehead atoms. The van der Waals surface area contributed by atoms with Crippen LogP contribution in [0.5, 0.6) is 0 Å². The molecule has 1 aliphatic heterocycles. The van der Waals surface area contributed by atoms with Crippen LogP contribution in [0, 0.1) is 27.7 Å². The predicted molar refractivity (Wildman–Crippen MR) is 119 cm³/mol. The first-order valence-electron chi connectivity index (χ1n) is 10.2. The van der Waals surface area contributed by atoms with Crippen molar-refractivity contribution in [2.45, 2.75) is 54.5 Å². The Labute approximate surface area is 178 Å².